The Bertz CT molecular complexity index is 552. The lowest BCUT2D eigenvalue weighted by Gasteiger charge is -2.32. The number of nitro benzene ring substituents is 1. The Hall–Kier alpha value is -2.12. The molecular formula is C13H13F3N2O3. The molecule has 21 heavy (non-hydrogen) atoms. The molecule has 114 valence electrons. The Labute approximate surface area is 118 Å². The predicted octanol–water partition coefficient (Wildman–Crippen LogP) is 2.86. The number of likely N-dealkylation sites (tertiary alicyclic amines) is 1. The van der Waals surface area contributed by atoms with Gasteiger partial charge in [-0.05, 0) is 18.8 Å². The zero-order chi connectivity index (χ0) is 15.6. The molecule has 0 saturated carbocycles. The van der Waals surface area contributed by atoms with Gasteiger partial charge in [-0.3, -0.25) is 14.9 Å². The van der Waals surface area contributed by atoms with Crippen LogP contribution in [0.2, 0.25) is 0 Å². The topological polar surface area (TPSA) is 63.5 Å². The number of halogens is 3. The third-order valence-electron chi connectivity index (χ3n) is 3.60. The number of benzene rings is 1. The van der Waals surface area contributed by atoms with Crippen molar-refractivity contribution < 1.29 is 22.9 Å². The van der Waals surface area contributed by atoms with E-state index in [1.165, 1.54) is 6.07 Å². The number of amides is 1. The molecule has 0 spiro atoms. The van der Waals surface area contributed by atoms with Crippen LogP contribution in [0, 0.1) is 10.1 Å². The van der Waals surface area contributed by atoms with Crippen molar-refractivity contribution in [1.29, 1.82) is 0 Å². The van der Waals surface area contributed by atoms with Gasteiger partial charge < -0.3 is 4.90 Å². The highest BCUT2D eigenvalue weighted by Gasteiger charge is 2.43. The van der Waals surface area contributed by atoms with Crippen LogP contribution in [0.4, 0.5) is 18.9 Å². The van der Waals surface area contributed by atoms with Gasteiger partial charge in [0.05, 0.1) is 4.92 Å². The summed E-state index contributed by atoms with van der Waals surface area (Å²) in [4.78, 5) is 22.3. The van der Waals surface area contributed by atoms with Crippen LogP contribution in [0.5, 0.6) is 0 Å². The average Bonchev–Trinajstić information content (AvgIpc) is 2.45. The summed E-state index contributed by atoms with van der Waals surface area (Å²) in [7, 11) is 0. The van der Waals surface area contributed by atoms with Crippen molar-refractivity contribution in [3.05, 3.63) is 39.9 Å². The van der Waals surface area contributed by atoms with E-state index >= 15 is 0 Å². The number of hydrogen-bond donors (Lipinski definition) is 0. The molecule has 1 fully saturated rings. The summed E-state index contributed by atoms with van der Waals surface area (Å²) in [5, 5.41) is 11.0. The number of nitrogens with zero attached hydrogens (tertiary/aromatic N) is 2. The summed E-state index contributed by atoms with van der Waals surface area (Å²) in [5.41, 5.74) is 0.486. The molecule has 0 bridgehead atoms. The fourth-order valence-corrected chi connectivity index (χ4v) is 2.57. The van der Waals surface area contributed by atoms with Gasteiger partial charge in [-0.15, -0.1) is 0 Å². The number of para-hydroxylation sites is 1. The molecule has 1 saturated heterocycles. The number of hydrogen-bond acceptors (Lipinski definition) is 3. The highest BCUT2D eigenvalue weighted by atomic mass is 19.4. The van der Waals surface area contributed by atoms with Crippen molar-refractivity contribution in [3.8, 4) is 0 Å². The van der Waals surface area contributed by atoms with Crippen LogP contribution in [0.25, 0.3) is 0 Å². The Morgan fingerprint density at radius 3 is 2.33 bits per heavy atom. The van der Waals surface area contributed by atoms with Gasteiger partial charge in [-0.2, -0.15) is 13.2 Å². The normalized spacial score (nSPS) is 16.8. The fourth-order valence-electron chi connectivity index (χ4n) is 2.57. The van der Waals surface area contributed by atoms with E-state index < -0.39 is 17.0 Å². The van der Waals surface area contributed by atoms with Crippen LogP contribution in [0.3, 0.4) is 0 Å². The van der Waals surface area contributed by atoms with Crippen LogP contribution >= 0.6 is 0 Å². The average molecular weight is 302 g/mol. The number of carbonyl (C=O) groups excluding carboxylic acids is 1. The number of nitro groups is 1. The van der Waals surface area contributed by atoms with E-state index in [0.717, 1.165) is 4.90 Å². The predicted molar refractivity (Wildman–Crippen MR) is 67.7 cm³/mol. The molecule has 5 nitrogen and oxygen atoms in total. The van der Waals surface area contributed by atoms with E-state index in [4.69, 9.17) is 0 Å². The lowest BCUT2D eigenvalue weighted by atomic mass is 9.88. The third kappa shape index (κ3) is 3.32. The molecule has 0 N–H and O–H groups in total. The molecule has 1 aliphatic heterocycles. The summed E-state index contributed by atoms with van der Waals surface area (Å²) in [6.45, 7) is -0.0931. The molecule has 0 radical (unpaired) electrons. The van der Waals surface area contributed by atoms with Crippen molar-refractivity contribution in [2.45, 2.75) is 24.9 Å². The molecule has 0 atom stereocenters. The minimum atomic E-state index is -4.87. The highest BCUT2D eigenvalue weighted by Crippen LogP contribution is 2.34. The van der Waals surface area contributed by atoms with E-state index in [2.05, 4.69) is 0 Å². The van der Waals surface area contributed by atoms with E-state index in [1.54, 1.807) is 18.2 Å². The Morgan fingerprint density at radius 2 is 1.81 bits per heavy atom. The lowest BCUT2D eigenvalue weighted by molar-refractivity contribution is -0.385. The van der Waals surface area contributed by atoms with E-state index in [1.807, 2.05) is 0 Å². The maximum absolute atomic E-state index is 12.3. The number of alkyl halides is 3. The lowest BCUT2D eigenvalue weighted by Crippen LogP contribution is -2.45. The summed E-state index contributed by atoms with van der Waals surface area (Å²) in [5.74, 6) is -2.05. The van der Waals surface area contributed by atoms with Crippen molar-refractivity contribution in [2.24, 2.45) is 0 Å². The number of rotatable bonds is 2. The summed E-state index contributed by atoms with van der Waals surface area (Å²) >= 11 is 0. The molecule has 1 amide bonds. The second kappa shape index (κ2) is 5.71. The van der Waals surface area contributed by atoms with Crippen molar-refractivity contribution in [1.82, 2.24) is 4.90 Å². The molecule has 1 aliphatic rings. The molecular weight excluding hydrogens is 289 g/mol. The first-order chi connectivity index (χ1) is 9.80. The highest BCUT2D eigenvalue weighted by molar-refractivity contribution is 5.81. The first-order valence-corrected chi connectivity index (χ1v) is 6.40. The molecule has 0 unspecified atom stereocenters. The fraction of sp³-hybridized carbons (Fsp3) is 0.462. The van der Waals surface area contributed by atoms with Gasteiger partial charge in [-0.25, -0.2) is 0 Å². The van der Waals surface area contributed by atoms with Gasteiger partial charge in [0.15, 0.2) is 0 Å². The zero-order valence-corrected chi connectivity index (χ0v) is 11.0. The first-order valence-electron chi connectivity index (χ1n) is 6.40. The van der Waals surface area contributed by atoms with E-state index in [0.29, 0.717) is 5.56 Å². The molecule has 2 rings (SSSR count). The summed E-state index contributed by atoms with van der Waals surface area (Å²) in [6.07, 6.45) is -4.30. The monoisotopic (exact) mass is 302 g/mol. The molecule has 0 aromatic heterocycles. The van der Waals surface area contributed by atoms with Gasteiger partial charge in [0, 0.05) is 24.7 Å². The molecule has 0 aliphatic carbocycles. The first kappa shape index (κ1) is 15.3. The number of piperidine rings is 1. The largest absolute Gasteiger partial charge is 0.471 e. The summed E-state index contributed by atoms with van der Waals surface area (Å²) < 4.78 is 37.0. The van der Waals surface area contributed by atoms with Crippen LogP contribution in [0.1, 0.15) is 24.3 Å². The van der Waals surface area contributed by atoms with Gasteiger partial charge in [-0.1, -0.05) is 18.2 Å². The minimum Gasteiger partial charge on any atom is -0.335 e. The van der Waals surface area contributed by atoms with Crippen LogP contribution in [-0.4, -0.2) is 35.0 Å². The number of carbonyl (C=O) groups is 1. The van der Waals surface area contributed by atoms with Gasteiger partial charge in [0.1, 0.15) is 0 Å². The molecule has 1 aromatic rings. The van der Waals surface area contributed by atoms with Gasteiger partial charge in [0.2, 0.25) is 0 Å². The van der Waals surface area contributed by atoms with Crippen LogP contribution < -0.4 is 0 Å². The van der Waals surface area contributed by atoms with Gasteiger partial charge >= 0.3 is 12.1 Å². The van der Waals surface area contributed by atoms with E-state index in [9.17, 15) is 28.1 Å². The van der Waals surface area contributed by atoms with E-state index in [-0.39, 0.29) is 37.5 Å². The Balaban J connectivity index is 2.09. The molecule has 1 heterocycles. The molecule has 1 aromatic carbocycles. The Kier molecular flexibility index (Phi) is 4.15. The summed E-state index contributed by atoms with van der Waals surface area (Å²) in [6, 6.07) is 6.20. The van der Waals surface area contributed by atoms with Crippen molar-refractivity contribution in [3.63, 3.8) is 0 Å². The van der Waals surface area contributed by atoms with Gasteiger partial charge in [0.25, 0.3) is 5.69 Å². The van der Waals surface area contributed by atoms with Crippen LogP contribution in [0.15, 0.2) is 24.3 Å². The maximum atomic E-state index is 12.3. The minimum absolute atomic E-state index is 0.0295. The zero-order valence-electron chi connectivity index (χ0n) is 11.0. The standard InChI is InChI=1S/C13H13F3N2O3/c14-13(15,16)12(19)17-7-5-9(6-8-17)10-3-1-2-4-11(10)18(20)21/h1-4,9H,5-8H2. The third-order valence-corrected chi connectivity index (χ3v) is 3.60. The van der Waals surface area contributed by atoms with Crippen molar-refractivity contribution >= 4 is 11.6 Å². The second-order valence-corrected chi connectivity index (χ2v) is 4.88. The maximum Gasteiger partial charge on any atom is 0.471 e. The van der Waals surface area contributed by atoms with Crippen molar-refractivity contribution in [2.75, 3.05) is 13.1 Å². The smallest absolute Gasteiger partial charge is 0.335 e. The molecule has 8 heteroatoms. The Morgan fingerprint density at radius 1 is 1.24 bits per heavy atom. The SMILES string of the molecule is O=C(N1CCC(c2ccccc2[N+](=O)[O-])CC1)C(F)(F)F. The quantitative estimate of drug-likeness (QED) is 0.623. The second-order valence-electron chi connectivity index (χ2n) is 4.88. The van der Waals surface area contributed by atoms with Crippen LogP contribution in [-0.2, 0) is 4.79 Å².